The van der Waals surface area contributed by atoms with E-state index in [-0.39, 0.29) is 21.6 Å². The number of carbonyl (C=O) groups is 1. The minimum atomic E-state index is -3.85. The molecule has 2 N–H and O–H groups in total. The summed E-state index contributed by atoms with van der Waals surface area (Å²) in [5.41, 5.74) is 0.822. The van der Waals surface area contributed by atoms with Gasteiger partial charge in [-0.1, -0.05) is 29.8 Å². The van der Waals surface area contributed by atoms with Crippen LogP contribution in [0.2, 0.25) is 5.02 Å². The third kappa shape index (κ3) is 3.24. The van der Waals surface area contributed by atoms with E-state index in [1.165, 1.54) is 11.3 Å². The number of urea groups is 1. The molecule has 1 aliphatic rings. The van der Waals surface area contributed by atoms with Crippen molar-refractivity contribution >= 4 is 60.5 Å². The second-order valence-electron chi connectivity index (χ2n) is 6.14. The highest BCUT2D eigenvalue weighted by Gasteiger charge is 2.25. The van der Waals surface area contributed by atoms with Gasteiger partial charge in [-0.25, -0.2) is 13.2 Å². The first-order valence-corrected chi connectivity index (χ1v) is 10.9. The Hall–Kier alpha value is -2.29. The number of anilines is 2. The molecule has 1 aliphatic heterocycles. The van der Waals surface area contributed by atoms with E-state index in [1.54, 1.807) is 36.1 Å². The Morgan fingerprint density at radius 1 is 1.22 bits per heavy atom. The van der Waals surface area contributed by atoms with Gasteiger partial charge in [-0.2, -0.15) is 0 Å². The number of nitrogens with one attached hydrogen (secondary N) is 2. The summed E-state index contributed by atoms with van der Waals surface area (Å²) in [6, 6.07) is 12.0. The molecule has 0 unspecified atom stereocenters. The first-order chi connectivity index (χ1) is 12.9. The number of hydrogen-bond donors (Lipinski definition) is 2. The predicted octanol–water partition coefficient (Wildman–Crippen LogP) is 4.19. The minimum absolute atomic E-state index is 0.217. The van der Waals surface area contributed by atoms with Gasteiger partial charge in [0, 0.05) is 33.7 Å². The summed E-state index contributed by atoms with van der Waals surface area (Å²) in [7, 11) is -3.85. The Bertz CT molecular complexity index is 1160. The summed E-state index contributed by atoms with van der Waals surface area (Å²) in [5, 5.41) is 3.66. The van der Waals surface area contributed by atoms with E-state index >= 15 is 0 Å². The fourth-order valence-electron chi connectivity index (χ4n) is 3.15. The number of hydrogen-bond acceptors (Lipinski definition) is 4. The Morgan fingerprint density at radius 3 is 2.74 bits per heavy atom. The molecule has 1 aromatic heterocycles. The Morgan fingerprint density at radius 2 is 2.00 bits per heavy atom. The van der Waals surface area contributed by atoms with E-state index in [1.807, 2.05) is 18.2 Å². The molecule has 2 aromatic carbocycles. The van der Waals surface area contributed by atoms with Gasteiger partial charge in [-0.15, -0.1) is 11.3 Å². The number of nitrogens with zero attached hydrogens (tertiary/aromatic N) is 1. The highest BCUT2D eigenvalue weighted by Crippen LogP contribution is 2.36. The number of aryl methyl sites for hydroxylation is 1. The van der Waals surface area contributed by atoms with E-state index in [0.29, 0.717) is 29.0 Å². The van der Waals surface area contributed by atoms with Crippen LogP contribution in [0.25, 0.3) is 10.1 Å². The molecule has 0 radical (unpaired) electrons. The topological polar surface area (TPSA) is 78.5 Å². The number of rotatable bonds is 4. The van der Waals surface area contributed by atoms with Gasteiger partial charge in [-0.3, -0.25) is 9.62 Å². The van der Waals surface area contributed by atoms with Crippen molar-refractivity contribution in [3.63, 3.8) is 0 Å². The zero-order valence-electron chi connectivity index (χ0n) is 14.3. The van der Waals surface area contributed by atoms with Crippen LogP contribution in [0.15, 0.2) is 47.4 Å². The van der Waals surface area contributed by atoms with Crippen molar-refractivity contribution in [1.29, 1.82) is 0 Å². The predicted molar refractivity (Wildman–Crippen MR) is 110 cm³/mol. The summed E-state index contributed by atoms with van der Waals surface area (Å²) in [5.74, 6) is 0. The molecule has 2 amide bonds. The SMILES string of the molecule is Cc1sc2ccccc2c1S(=O)(=O)Nc1cc(N2CCNC2=O)ccc1Cl. The molecule has 6 nitrogen and oxygen atoms in total. The van der Waals surface area contributed by atoms with E-state index in [4.69, 9.17) is 11.6 Å². The number of benzene rings is 2. The van der Waals surface area contributed by atoms with E-state index in [0.717, 1.165) is 4.70 Å². The van der Waals surface area contributed by atoms with Crippen molar-refractivity contribution in [3.8, 4) is 0 Å². The number of fused-ring (bicyclic) bond motifs is 1. The normalized spacial score (nSPS) is 14.6. The second-order valence-corrected chi connectivity index (χ2v) is 9.42. The summed E-state index contributed by atoms with van der Waals surface area (Å²) in [6.45, 7) is 2.84. The smallest absolute Gasteiger partial charge is 0.321 e. The van der Waals surface area contributed by atoms with E-state index in [2.05, 4.69) is 10.0 Å². The molecule has 2 heterocycles. The lowest BCUT2D eigenvalue weighted by Crippen LogP contribution is -2.27. The lowest BCUT2D eigenvalue weighted by Gasteiger charge is -2.17. The van der Waals surface area contributed by atoms with Crippen LogP contribution >= 0.6 is 22.9 Å². The van der Waals surface area contributed by atoms with E-state index < -0.39 is 10.0 Å². The molecular formula is C18H16ClN3O3S2. The highest BCUT2D eigenvalue weighted by atomic mass is 35.5. The Kier molecular flexibility index (Phi) is 4.49. The number of amides is 2. The van der Waals surface area contributed by atoms with Gasteiger partial charge >= 0.3 is 6.03 Å². The number of sulfonamides is 1. The lowest BCUT2D eigenvalue weighted by atomic mass is 10.2. The summed E-state index contributed by atoms with van der Waals surface area (Å²) < 4.78 is 29.7. The lowest BCUT2D eigenvalue weighted by molar-refractivity contribution is 0.252. The van der Waals surface area contributed by atoms with Gasteiger partial charge in [0.2, 0.25) is 0 Å². The van der Waals surface area contributed by atoms with Crippen molar-refractivity contribution in [2.24, 2.45) is 0 Å². The maximum Gasteiger partial charge on any atom is 0.321 e. The fraction of sp³-hybridized carbons (Fsp3) is 0.167. The average Bonchev–Trinajstić information content (AvgIpc) is 3.19. The molecule has 0 atom stereocenters. The Labute approximate surface area is 165 Å². The summed E-state index contributed by atoms with van der Waals surface area (Å²) in [4.78, 5) is 14.4. The minimum Gasteiger partial charge on any atom is -0.336 e. The van der Waals surface area contributed by atoms with Crippen molar-refractivity contribution in [2.45, 2.75) is 11.8 Å². The zero-order chi connectivity index (χ0) is 19.2. The number of thiophene rings is 1. The molecular weight excluding hydrogens is 406 g/mol. The fourth-order valence-corrected chi connectivity index (χ4v) is 6.26. The molecule has 0 saturated carbocycles. The van der Waals surface area contributed by atoms with Crippen LogP contribution in [0.5, 0.6) is 0 Å². The number of carbonyl (C=O) groups excluding carboxylic acids is 1. The highest BCUT2D eigenvalue weighted by molar-refractivity contribution is 7.93. The van der Waals surface area contributed by atoms with Gasteiger partial charge in [0.05, 0.1) is 10.7 Å². The molecule has 0 aliphatic carbocycles. The van der Waals surface area contributed by atoms with Crippen molar-refractivity contribution in [2.75, 3.05) is 22.7 Å². The number of halogens is 1. The molecule has 0 bridgehead atoms. The monoisotopic (exact) mass is 421 g/mol. The van der Waals surface area contributed by atoms with Crippen LogP contribution < -0.4 is 14.9 Å². The molecule has 140 valence electrons. The third-order valence-electron chi connectivity index (χ3n) is 4.35. The molecule has 4 rings (SSSR count). The molecule has 1 fully saturated rings. The third-order valence-corrected chi connectivity index (χ3v) is 7.44. The first kappa shape index (κ1) is 18.1. The van der Waals surface area contributed by atoms with E-state index in [9.17, 15) is 13.2 Å². The van der Waals surface area contributed by atoms with Crippen LogP contribution in [-0.4, -0.2) is 27.5 Å². The van der Waals surface area contributed by atoms with Gasteiger partial charge in [0.1, 0.15) is 4.90 Å². The molecule has 27 heavy (non-hydrogen) atoms. The van der Waals surface area contributed by atoms with Crippen LogP contribution in [0.4, 0.5) is 16.2 Å². The van der Waals surface area contributed by atoms with Crippen LogP contribution in [0, 0.1) is 6.92 Å². The average molecular weight is 422 g/mol. The van der Waals surface area contributed by atoms with Crippen LogP contribution in [0.3, 0.4) is 0 Å². The van der Waals surface area contributed by atoms with Crippen molar-refractivity contribution in [3.05, 3.63) is 52.4 Å². The quantitative estimate of drug-likeness (QED) is 0.662. The van der Waals surface area contributed by atoms with Crippen LogP contribution in [-0.2, 0) is 10.0 Å². The van der Waals surface area contributed by atoms with Crippen molar-refractivity contribution in [1.82, 2.24) is 5.32 Å². The van der Waals surface area contributed by atoms with Gasteiger partial charge in [-0.05, 0) is 31.2 Å². The summed E-state index contributed by atoms with van der Waals surface area (Å²) in [6.07, 6.45) is 0. The maximum absolute atomic E-state index is 13.1. The molecule has 0 spiro atoms. The summed E-state index contributed by atoms with van der Waals surface area (Å²) >= 11 is 7.65. The standard InChI is InChI=1S/C18H16ClN3O3S2/c1-11-17(13-4-2-3-5-16(13)26-11)27(24,25)21-15-10-12(6-7-14(15)19)22-9-8-20-18(22)23/h2-7,10,21H,8-9H2,1H3,(H,20,23). The molecule has 1 saturated heterocycles. The van der Waals surface area contributed by atoms with Gasteiger partial charge in [0.15, 0.2) is 0 Å². The largest absolute Gasteiger partial charge is 0.336 e. The zero-order valence-corrected chi connectivity index (χ0v) is 16.7. The Balaban J connectivity index is 1.74. The molecule has 3 aromatic rings. The first-order valence-electron chi connectivity index (χ1n) is 8.23. The molecule has 9 heteroatoms. The maximum atomic E-state index is 13.1. The van der Waals surface area contributed by atoms with Gasteiger partial charge in [0.25, 0.3) is 10.0 Å². The van der Waals surface area contributed by atoms with Gasteiger partial charge < -0.3 is 5.32 Å². The van der Waals surface area contributed by atoms with Crippen molar-refractivity contribution < 1.29 is 13.2 Å². The van der Waals surface area contributed by atoms with Crippen LogP contribution in [0.1, 0.15) is 4.88 Å². The second kappa shape index (κ2) is 6.70.